The molecule has 0 spiro atoms. The van der Waals surface area contributed by atoms with Gasteiger partial charge in [0.1, 0.15) is 0 Å². The Hall–Kier alpha value is -1.71. The topological polar surface area (TPSA) is 70.2 Å². The average Bonchev–Trinajstić information content (AvgIpc) is 2.53. The molecular formula is C15H11ClIN3O2S. The lowest BCUT2D eigenvalue weighted by atomic mass is 10.2. The summed E-state index contributed by atoms with van der Waals surface area (Å²) in [6.07, 6.45) is 0. The third-order valence-corrected chi connectivity index (χ3v) is 4.14. The molecule has 0 aliphatic carbocycles. The minimum absolute atomic E-state index is 0.00281. The molecule has 0 saturated carbocycles. The highest BCUT2D eigenvalue weighted by Gasteiger charge is 2.11. The van der Waals surface area contributed by atoms with Crippen LogP contribution in [-0.4, -0.2) is 16.9 Å². The SMILES string of the molecule is O=C(NNC(=S)NC(=O)c1ccccc1I)c1ccc(Cl)cc1. The first kappa shape index (κ1) is 17.6. The van der Waals surface area contributed by atoms with E-state index in [0.717, 1.165) is 3.57 Å². The van der Waals surface area contributed by atoms with E-state index in [2.05, 4.69) is 38.8 Å². The van der Waals surface area contributed by atoms with E-state index in [-0.39, 0.29) is 11.0 Å². The molecule has 0 radical (unpaired) electrons. The largest absolute Gasteiger partial charge is 0.298 e. The van der Waals surface area contributed by atoms with Gasteiger partial charge in [0.2, 0.25) is 0 Å². The van der Waals surface area contributed by atoms with Crippen LogP contribution in [0.5, 0.6) is 0 Å². The smallest absolute Gasteiger partial charge is 0.269 e. The fourth-order valence-electron chi connectivity index (χ4n) is 1.63. The molecule has 2 aromatic carbocycles. The van der Waals surface area contributed by atoms with Crippen LogP contribution in [0.15, 0.2) is 48.5 Å². The van der Waals surface area contributed by atoms with Crippen molar-refractivity contribution in [1.82, 2.24) is 16.2 Å². The molecule has 0 heterocycles. The van der Waals surface area contributed by atoms with Gasteiger partial charge in [-0.1, -0.05) is 23.7 Å². The van der Waals surface area contributed by atoms with E-state index in [4.69, 9.17) is 23.8 Å². The van der Waals surface area contributed by atoms with E-state index in [1.54, 1.807) is 36.4 Å². The lowest BCUT2D eigenvalue weighted by molar-refractivity contribution is 0.0934. The van der Waals surface area contributed by atoms with Gasteiger partial charge in [-0.3, -0.25) is 25.8 Å². The zero-order valence-electron chi connectivity index (χ0n) is 11.6. The minimum Gasteiger partial charge on any atom is -0.298 e. The first-order valence-electron chi connectivity index (χ1n) is 6.39. The molecule has 23 heavy (non-hydrogen) atoms. The molecule has 0 atom stereocenters. The zero-order valence-corrected chi connectivity index (χ0v) is 15.3. The molecule has 0 aliphatic heterocycles. The van der Waals surface area contributed by atoms with E-state index >= 15 is 0 Å². The predicted molar refractivity (Wildman–Crippen MR) is 101 cm³/mol. The molecule has 2 rings (SSSR count). The number of hydrogen-bond donors (Lipinski definition) is 3. The molecule has 0 aromatic heterocycles. The van der Waals surface area contributed by atoms with Crippen molar-refractivity contribution in [3.8, 4) is 0 Å². The third-order valence-electron chi connectivity index (χ3n) is 2.74. The van der Waals surface area contributed by atoms with Gasteiger partial charge in [0.15, 0.2) is 5.11 Å². The molecule has 118 valence electrons. The number of nitrogens with one attached hydrogen (secondary N) is 3. The van der Waals surface area contributed by atoms with E-state index in [1.165, 1.54) is 0 Å². The highest BCUT2D eigenvalue weighted by atomic mass is 127. The molecule has 0 aliphatic rings. The van der Waals surface area contributed by atoms with Gasteiger partial charge in [-0.05, 0) is 71.2 Å². The van der Waals surface area contributed by atoms with Crippen molar-refractivity contribution in [2.45, 2.75) is 0 Å². The Labute approximate surface area is 156 Å². The Kier molecular flexibility index (Phi) is 6.31. The number of hydrogen-bond acceptors (Lipinski definition) is 3. The van der Waals surface area contributed by atoms with Crippen molar-refractivity contribution in [2.24, 2.45) is 0 Å². The van der Waals surface area contributed by atoms with Crippen LogP contribution in [0.3, 0.4) is 0 Å². The number of rotatable bonds is 2. The van der Waals surface area contributed by atoms with Crippen LogP contribution in [0, 0.1) is 3.57 Å². The van der Waals surface area contributed by atoms with Gasteiger partial charge in [0.25, 0.3) is 11.8 Å². The van der Waals surface area contributed by atoms with Crippen LogP contribution < -0.4 is 16.2 Å². The lowest BCUT2D eigenvalue weighted by Crippen LogP contribution is -2.48. The Morgan fingerprint density at radius 2 is 1.61 bits per heavy atom. The summed E-state index contributed by atoms with van der Waals surface area (Å²) in [5, 5.41) is 3.03. The van der Waals surface area contributed by atoms with Crippen molar-refractivity contribution in [1.29, 1.82) is 0 Å². The van der Waals surface area contributed by atoms with E-state index < -0.39 is 5.91 Å². The van der Waals surface area contributed by atoms with E-state index in [1.807, 2.05) is 12.1 Å². The molecule has 0 fully saturated rings. The first-order chi connectivity index (χ1) is 11.0. The summed E-state index contributed by atoms with van der Waals surface area (Å²) in [7, 11) is 0. The summed E-state index contributed by atoms with van der Waals surface area (Å²) in [4.78, 5) is 23.9. The minimum atomic E-state index is -0.396. The fraction of sp³-hybridized carbons (Fsp3) is 0. The summed E-state index contributed by atoms with van der Waals surface area (Å²) in [6.45, 7) is 0. The Morgan fingerprint density at radius 3 is 2.26 bits per heavy atom. The molecule has 2 amide bonds. The third kappa shape index (κ3) is 5.15. The number of halogens is 2. The maximum atomic E-state index is 12.1. The maximum Gasteiger partial charge on any atom is 0.269 e. The monoisotopic (exact) mass is 459 g/mol. The second kappa shape index (κ2) is 8.23. The standard InChI is InChI=1S/C15H11ClIN3O2S/c16-10-7-5-9(6-8-10)13(21)19-20-15(23)18-14(22)11-3-1-2-4-12(11)17/h1-8H,(H,19,21)(H2,18,20,22,23). The molecule has 3 N–H and O–H groups in total. The van der Waals surface area contributed by atoms with Gasteiger partial charge in [-0.2, -0.15) is 0 Å². The van der Waals surface area contributed by atoms with Crippen molar-refractivity contribution >= 4 is 63.3 Å². The van der Waals surface area contributed by atoms with Crippen LogP contribution >= 0.6 is 46.4 Å². The van der Waals surface area contributed by atoms with Crippen LogP contribution in [0.4, 0.5) is 0 Å². The zero-order chi connectivity index (χ0) is 16.8. The molecular weight excluding hydrogens is 449 g/mol. The number of carbonyl (C=O) groups is 2. The summed E-state index contributed by atoms with van der Waals surface area (Å²) >= 11 is 12.8. The Balaban J connectivity index is 1.88. The fourth-order valence-corrected chi connectivity index (χ4v) is 2.54. The number of carbonyl (C=O) groups excluding carboxylic acids is 2. The molecule has 5 nitrogen and oxygen atoms in total. The van der Waals surface area contributed by atoms with E-state index in [9.17, 15) is 9.59 Å². The quantitative estimate of drug-likeness (QED) is 0.367. The van der Waals surface area contributed by atoms with Crippen molar-refractivity contribution in [3.63, 3.8) is 0 Å². The van der Waals surface area contributed by atoms with Crippen molar-refractivity contribution in [3.05, 3.63) is 68.3 Å². The number of benzene rings is 2. The van der Waals surface area contributed by atoms with Gasteiger partial charge in [-0.15, -0.1) is 0 Å². The Bertz CT molecular complexity index is 753. The normalized spacial score (nSPS) is 9.83. The molecule has 0 saturated heterocycles. The summed E-state index contributed by atoms with van der Waals surface area (Å²) in [6, 6.07) is 13.5. The van der Waals surface area contributed by atoms with Gasteiger partial charge < -0.3 is 0 Å². The van der Waals surface area contributed by atoms with Crippen molar-refractivity contribution < 1.29 is 9.59 Å². The van der Waals surface area contributed by atoms with Crippen molar-refractivity contribution in [2.75, 3.05) is 0 Å². The van der Waals surface area contributed by atoms with Gasteiger partial charge >= 0.3 is 0 Å². The number of amides is 2. The highest BCUT2D eigenvalue weighted by molar-refractivity contribution is 14.1. The van der Waals surface area contributed by atoms with Crippen LogP contribution in [0.2, 0.25) is 5.02 Å². The summed E-state index contributed by atoms with van der Waals surface area (Å²) in [5.41, 5.74) is 5.79. The second-order valence-electron chi connectivity index (χ2n) is 4.35. The van der Waals surface area contributed by atoms with Gasteiger partial charge in [-0.25, -0.2) is 0 Å². The molecule has 2 aromatic rings. The first-order valence-corrected chi connectivity index (χ1v) is 8.25. The van der Waals surface area contributed by atoms with Gasteiger partial charge in [0.05, 0.1) is 5.56 Å². The Morgan fingerprint density at radius 1 is 0.957 bits per heavy atom. The van der Waals surface area contributed by atoms with Crippen LogP contribution in [-0.2, 0) is 0 Å². The summed E-state index contributed by atoms with van der Waals surface area (Å²) < 4.78 is 0.801. The summed E-state index contributed by atoms with van der Waals surface area (Å²) in [5.74, 6) is -0.749. The van der Waals surface area contributed by atoms with Crippen LogP contribution in [0.1, 0.15) is 20.7 Å². The van der Waals surface area contributed by atoms with Crippen LogP contribution in [0.25, 0.3) is 0 Å². The van der Waals surface area contributed by atoms with E-state index in [0.29, 0.717) is 16.1 Å². The maximum absolute atomic E-state index is 12.1. The average molecular weight is 460 g/mol. The van der Waals surface area contributed by atoms with Gasteiger partial charge in [0, 0.05) is 14.2 Å². The molecule has 0 bridgehead atoms. The molecule has 0 unspecified atom stereocenters. The predicted octanol–water partition coefficient (Wildman–Crippen LogP) is 2.89. The highest BCUT2D eigenvalue weighted by Crippen LogP contribution is 2.11. The second-order valence-corrected chi connectivity index (χ2v) is 6.36. The number of hydrazine groups is 1. The number of thiocarbonyl (C=S) groups is 1. The molecule has 8 heteroatoms. The lowest BCUT2D eigenvalue weighted by Gasteiger charge is -2.11.